The smallest absolute Gasteiger partial charge is 0.238 e. The lowest BCUT2D eigenvalue weighted by Gasteiger charge is -2.21. The molecule has 1 fully saturated rings. The molecular weight excluding hydrogens is 320 g/mol. The number of benzene rings is 1. The Morgan fingerprint density at radius 3 is 2.75 bits per heavy atom. The summed E-state index contributed by atoms with van der Waals surface area (Å²) in [5.74, 6) is 0.0211. The maximum absolute atomic E-state index is 12.1. The van der Waals surface area contributed by atoms with E-state index in [4.69, 9.17) is 5.11 Å². The van der Waals surface area contributed by atoms with Crippen molar-refractivity contribution in [2.24, 2.45) is 0 Å². The van der Waals surface area contributed by atoms with Crippen LogP contribution in [0.3, 0.4) is 0 Å². The van der Waals surface area contributed by atoms with Gasteiger partial charge in [-0.1, -0.05) is 12.1 Å². The largest absolute Gasteiger partial charge is 0.396 e. The number of aliphatic hydroxyl groups is 1. The molecule has 0 saturated heterocycles. The molecule has 0 bridgehead atoms. The normalized spacial score (nSPS) is 14.6. The third-order valence-electron chi connectivity index (χ3n) is 3.41. The average molecular weight is 341 g/mol. The fraction of sp³-hybridized carbons (Fsp3) is 0.533. The van der Waals surface area contributed by atoms with E-state index in [-0.39, 0.29) is 12.5 Å². The van der Waals surface area contributed by atoms with E-state index in [1.54, 1.807) is 0 Å². The van der Waals surface area contributed by atoms with Gasteiger partial charge in [-0.2, -0.15) is 0 Å². The summed E-state index contributed by atoms with van der Waals surface area (Å²) in [6.45, 7) is 1.54. The summed E-state index contributed by atoms with van der Waals surface area (Å²) in [7, 11) is 0. The maximum atomic E-state index is 12.1. The number of carbonyl (C=O) groups excluding carboxylic acids is 1. The molecule has 1 saturated carbocycles. The van der Waals surface area contributed by atoms with Gasteiger partial charge in [-0.3, -0.25) is 9.69 Å². The predicted molar refractivity (Wildman–Crippen MR) is 83.7 cm³/mol. The number of hydrogen-bond acceptors (Lipinski definition) is 3. The summed E-state index contributed by atoms with van der Waals surface area (Å²) in [5, 5.41) is 11.8. The highest BCUT2D eigenvalue weighted by Crippen LogP contribution is 2.27. The second-order valence-corrected chi connectivity index (χ2v) is 6.01. The minimum Gasteiger partial charge on any atom is -0.396 e. The second-order valence-electron chi connectivity index (χ2n) is 5.16. The van der Waals surface area contributed by atoms with Crippen LogP contribution < -0.4 is 5.32 Å². The highest BCUT2D eigenvalue weighted by Gasteiger charge is 2.29. The third-order valence-corrected chi connectivity index (χ3v) is 4.10. The van der Waals surface area contributed by atoms with Gasteiger partial charge in [0.1, 0.15) is 0 Å². The molecule has 0 atom stereocenters. The Morgan fingerprint density at radius 1 is 1.35 bits per heavy atom. The average Bonchev–Trinajstić information content (AvgIpc) is 3.25. The van der Waals surface area contributed by atoms with E-state index >= 15 is 0 Å². The molecule has 1 aromatic rings. The number of halogens is 1. The number of rotatable bonds is 8. The molecule has 0 spiro atoms. The summed E-state index contributed by atoms with van der Waals surface area (Å²) >= 11 is 3.43. The second kappa shape index (κ2) is 7.76. The molecule has 0 heterocycles. The molecule has 0 radical (unpaired) electrons. The number of anilines is 1. The summed E-state index contributed by atoms with van der Waals surface area (Å²) < 4.78 is 0.895. The van der Waals surface area contributed by atoms with Gasteiger partial charge in [-0.15, -0.1) is 0 Å². The lowest BCUT2D eigenvalue weighted by atomic mass is 10.3. The molecule has 20 heavy (non-hydrogen) atoms. The molecule has 1 aliphatic carbocycles. The zero-order chi connectivity index (χ0) is 14.4. The molecule has 0 aliphatic heterocycles. The van der Waals surface area contributed by atoms with Crippen LogP contribution in [0.25, 0.3) is 0 Å². The summed E-state index contributed by atoms with van der Waals surface area (Å²) in [5.41, 5.74) is 0.809. The first-order valence-corrected chi connectivity index (χ1v) is 7.89. The third kappa shape index (κ3) is 4.89. The Kier molecular flexibility index (Phi) is 6.01. The van der Waals surface area contributed by atoms with Crippen LogP contribution in [-0.4, -0.2) is 41.7 Å². The lowest BCUT2D eigenvalue weighted by Crippen LogP contribution is -2.35. The van der Waals surface area contributed by atoms with Crippen LogP contribution in [0, 0.1) is 0 Å². The van der Waals surface area contributed by atoms with Crippen molar-refractivity contribution in [3.63, 3.8) is 0 Å². The molecular formula is C15H21BrN2O2. The fourth-order valence-corrected chi connectivity index (χ4v) is 2.58. The zero-order valence-corrected chi connectivity index (χ0v) is 13.1. The monoisotopic (exact) mass is 340 g/mol. The van der Waals surface area contributed by atoms with Crippen LogP contribution in [0.1, 0.15) is 25.7 Å². The Hall–Kier alpha value is -0.910. The predicted octanol–water partition coefficient (Wildman–Crippen LogP) is 2.62. The van der Waals surface area contributed by atoms with Gasteiger partial charge in [0.05, 0.1) is 12.2 Å². The molecule has 1 aromatic carbocycles. The standard InChI is InChI=1S/C15H21BrN2O2/c16-13-5-1-2-6-14(13)17-15(20)11-18(12-7-8-12)9-3-4-10-19/h1-2,5-6,12,19H,3-4,7-11H2,(H,17,20). The van der Waals surface area contributed by atoms with E-state index in [9.17, 15) is 4.79 Å². The minimum absolute atomic E-state index is 0.0211. The van der Waals surface area contributed by atoms with Crippen LogP contribution in [0.4, 0.5) is 5.69 Å². The van der Waals surface area contributed by atoms with E-state index in [2.05, 4.69) is 26.1 Å². The van der Waals surface area contributed by atoms with Crippen molar-refractivity contribution in [3.05, 3.63) is 28.7 Å². The number of aliphatic hydroxyl groups excluding tert-OH is 1. The highest BCUT2D eigenvalue weighted by atomic mass is 79.9. The van der Waals surface area contributed by atoms with E-state index < -0.39 is 0 Å². The molecule has 4 nitrogen and oxygen atoms in total. The van der Waals surface area contributed by atoms with Gasteiger partial charge in [0, 0.05) is 17.1 Å². The van der Waals surface area contributed by atoms with Crippen molar-refractivity contribution in [1.82, 2.24) is 4.90 Å². The van der Waals surface area contributed by atoms with Gasteiger partial charge in [0.2, 0.25) is 5.91 Å². The Labute approximate surface area is 128 Å². The molecule has 2 rings (SSSR count). The molecule has 1 amide bonds. The molecule has 0 unspecified atom stereocenters. The first-order chi connectivity index (χ1) is 9.70. The number of hydrogen-bond donors (Lipinski definition) is 2. The van der Waals surface area contributed by atoms with Crippen molar-refractivity contribution in [1.29, 1.82) is 0 Å². The number of amides is 1. The fourth-order valence-electron chi connectivity index (χ4n) is 2.19. The van der Waals surface area contributed by atoms with Crippen LogP contribution in [0.5, 0.6) is 0 Å². The number of para-hydroxylation sites is 1. The number of unbranched alkanes of at least 4 members (excludes halogenated alkanes) is 1. The van der Waals surface area contributed by atoms with Gasteiger partial charge >= 0.3 is 0 Å². The van der Waals surface area contributed by atoms with Crippen LogP contribution in [0.2, 0.25) is 0 Å². The number of nitrogens with one attached hydrogen (secondary N) is 1. The van der Waals surface area contributed by atoms with Gasteiger partial charge in [-0.05, 0) is 60.3 Å². The molecule has 110 valence electrons. The van der Waals surface area contributed by atoms with Gasteiger partial charge < -0.3 is 10.4 Å². The van der Waals surface area contributed by atoms with Gasteiger partial charge in [0.25, 0.3) is 0 Å². The van der Waals surface area contributed by atoms with Crippen molar-refractivity contribution in [2.45, 2.75) is 31.7 Å². The van der Waals surface area contributed by atoms with Gasteiger partial charge in [-0.25, -0.2) is 0 Å². The van der Waals surface area contributed by atoms with Crippen molar-refractivity contribution in [2.75, 3.05) is 25.0 Å². The Bertz CT molecular complexity index is 449. The first-order valence-electron chi connectivity index (χ1n) is 7.10. The van der Waals surface area contributed by atoms with E-state index in [1.807, 2.05) is 24.3 Å². The summed E-state index contributed by atoms with van der Waals surface area (Å²) in [6, 6.07) is 8.18. The summed E-state index contributed by atoms with van der Waals surface area (Å²) in [6.07, 6.45) is 4.10. The quantitative estimate of drug-likeness (QED) is 0.715. The zero-order valence-electron chi connectivity index (χ0n) is 11.5. The van der Waals surface area contributed by atoms with Crippen molar-refractivity contribution < 1.29 is 9.90 Å². The number of nitrogens with zero attached hydrogens (tertiary/aromatic N) is 1. The van der Waals surface area contributed by atoms with E-state index in [1.165, 1.54) is 12.8 Å². The first kappa shape index (κ1) is 15.5. The molecule has 0 aromatic heterocycles. The molecule has 1 aliphatic rings. The van der Waals surface area contributed by atoms with Crippen LogP contribution >= 0.6 is 15.9 Å². The Balaban J connectivity index is 1.83. The van der Waals surface area contributed by atoms with Crippen molar-refractivity contribution >= 4 is 27.5 Å². The summed E-state index contributed by atoms with van der Waals surface area (Å²) in [4.78, 5) is 14.3. The maximum Gasteiger partial charge on any atom is 0.238 e. The SMILES string of the molecule is O=C(CN(CCCCO)C1CC1)Nc1ccccc1Br. The van der Waals surface area contributed by atoms with Crippen LogP contribution in [-0.2, 0) is 4.79 Å². The van der Waals surface area contributed by atoms with Gasteiger partial charge in [0.15, 0.2) is 0 Å². The number of carbonyl (C=O) groups is 1. The minimum atomic E-state index is 0.0211. The molecule has 5 heteroatoms. The Morgan fingerprint density at radius 2 is 2.10 bits per heavy atom. The topological polar surface area (TPSA) is 52.6 Å². The highest BCUT2D eigenvalue weighted by molar-refractivity contribution is 9.10. The van der Waals surface area contributed by atoms with Crippen LogP contribution in [0.15, 0.2) is 28.7 Å². The lowest BCUT2D eigenvalue weighted by molar-refractivity contribution is -0.117. The van der Waals surface area contributed by atoms with Crippen molar-refractivity contribution in [3.8, 4) is 0 Å². The van der Waals surface area contributed by atoms with E-state index in [0.29, 0.717) is 12.6 Å². The molecule has 2 N–H and O–H groups in total. The van der Waals surface area contributed by atoms with E-state index in [0.717, 1.165) is 29.5 Å².